The second-order valence-electron chi connectivity index (χ2n) is 6.04. The Morgan fingerprint density at radius 1 is 1.37 bits per heavy atom. The summed E-state index contributed by atoms with van der Waals surface area (Å²) in [6, 6.07) is 6.83. The van der Waals surface area contributed by atoms with Crippen LogP contribution in [0.5, 0.6) is 5.75 Å². The van der Waals surface area contributed by atoms with Crippen LogP contribution in [0.15, 0.2) is 22.7 Å². The maximum atomic E-state index is 6.52. The molecular formula is C16H22BrNO. The molecule has 104 valence electrons. The number of nitrogens with one attached hydrogen (secondary N) is 1. The van der Waals surface area contributed by atoms with Crippen LogP contribution in [0.25, 0.3) is 0 Å². The highest BCUT2D eigenvalue weighted by Crippen LogP contribution is 2.48. The van der Waals surface area contributed by atoms with Gasteiger partial charge in [-0.15, -0.1) is 0 Å². The van der Waals surface area contributed by atoms with E-state index in [1.165, 1.54) is 31.2 Å². The van der Waals surface area contributed by atoms with Crippen molar-refractivity contribution in [3.63, 3.8) is 0 Å². The topological polar surface area (TPSA) is 21.3 Å². The molecule has 19 heavy (non-hydrogen) atoms. The molecule has 1 N–H and O–H groups in total. The molecule has 0 aromatic heterocycles. The second-order valence-corrected chi connectivity index (χ2v) is 6.96. The van der Waals surface area contributed by atoms with Crippen molar-refractivity contribution >= 4 is 15.9 Å². The fraction of sp³-hybridized carbons (Fsp3) is 0.625. The van der Waals surface area contributed by atoms with Gasteiger partial charge in [0.25, 0.3) is 0 Å². The van der Waals surface area contributed by atoms with Crippen LogP contribution in [0.2, 0.25) is 0 Å². The van der Waals surface area contributed by atoms with E-state index in [0.29, 0.717) is 12.0 Å². The average Bonchev–Trinajstić information content (AvgIpc) is 2.41. The first-order chi connectivity index (χ1) is 9.14. The Labute approximate surface area is 124 Å². The third kappa shape index (κ3) is 2.31. The Kier molecular flexibility index (Phi) is 3.61. The van der Waals surface area contributed by atoms with E-state index in [1.807, 2.05) is 0 Å². The first-order valence-electron chi connectivity index (χ1n) is 7.30. The van der Waals surface area contributed by atoms with Gasteiger partial charge in [0.2, 0.25) is 0 Å². The molecule has 0 radical (unpaired) electrons. The van der Waals surface area contributed by atoms with Gasteiger partial charge < -0.3 is 10.1 Å². The lowest BCUT2D eigenvalue weighted by Gasteiger charge is -2.48. The zero-order chi connectivity index (χ0) is 13.5. The van der Waals surface area contributed by atoms with Crippen molar-refractivity contribution in [1.29, 1.82) is 0 Å². The highest BCUT2D eigenvalue weighted by Gasteiger charge is 2.45. The van der Waals surface area contributed by atoms with Crippen LogP contribution >= 0.6 is 15.9 Å². The van der Waals surface area contributed by atoms with E-state index in [2.05, 4.69) is 53.4 Å². The third-order valence-electron chi connectivity index (χ3n) is 4.95. The Balaban J connectivity index is 2.00. The normalized spacial score (nSPS) is 33.8. The first-order valence-corrected chi connectivity index (χ1v) is 8.10. The van der Waals surface area contributed by atoms with Crippen molar-refractivity contribution in [2.24, 2.45) is 5.92 Å². The third-order valence-corrected chi connectivity index (χ3v) is 5.44. The number of ether oxygens (including phenoxy) is 1. The van der Waals surface area contributed by atoms with Gasteiger partial charge in [-0.05, 0) is 44.4 Å². The van der Waals surface area contributed by atoms with Crippen molar-refractivity contribution < 1.29 is 4.74 Å². The number of fused-ring (bicyclic) bond motifs is 1. The molecule has 3 rings (SSSR count). The highest BCUT2D eigenvalue weighted by atomic mass is 79.9. The Hall–Kier alpha value is -0.540. The zero-order valence-corrected chi connectivity index (χ0v) is 13.3. The van der Waals surface area contributed by atoms with Gasteiger partial charge in [0.1, 0.15) is 11.4 Å². The van der Waals surface area contributed by atoms with Gasteiger partial charge in [0.05, 0.1) is 0 Å². The predicted molar refractivity (Wildman–Crippen MR) is 81.6 cm³/mol. The summed E-state index contributed by atoms with van der Waals surface area (Å²) in [5, 5.41) is 3.48. The smallest absolute Gasteiger partial charge is 0.126 e. The molecule has 1 spiro atoms. The van der Waals surface area contributed by atoms with Crippen LogP contribution in [-0.4, -0.2) is 12.6 Å². The lowest BCUT2D eigenvalue weighted by Crippen LogP contribution is -2.50. The van der Waals surface area contributed by atoms with Crippen LogP contribution in [0.4, 0.5) is 0 Å². The Morgan fingerprint density at radius 2 is 2.21 bits per heavy atom. The fourth-order valence-corrected chi connectivity index (χ4v) is 4.04. The van der Waals surface area contributed by atoms with E-state index in [0.717, 1.165) is 16.6 Å². The summed E-state index contributed by atoms with van der Waals surface area (Å²) < 4.78 is 7.61. The van der Waals surface area contributed by atoms with Gasteiger partial charge in [-0.1, -0.05) is 35.3 Å². The molecule has 1 aliphatic carbocycles. The van der Waals surface area contributed by atoms with Crippen molar-refractivity contribution in [2.45, 2.75) is 50.7 Å². The fourth-order valence-electron chi connectivity index (χ4n) is 3.70. The number of hydrogen-bond donors (Lipinski definition) is 1. The highest BCUT2D eigenvalue weighted by molar-refractivity contribution is 9.10. The number of benzene rings is 1. The lowest BCUT2D eigenvalue weighted by molar-refractivity contribution is -0.0437. The van der Waals surface area contributed by atoms with Crippen LogP contribution in [0.1, 0.15) is 50.6 Å². The van der Waals surface area contributed by atoms with E-state index >= 15 is 0 Å². The van der Waals surface area contributed by atoms with Crippen molar-refractivity contribution in [3.8, 4) is 5.75 Å². The van der Waals surface area contributed by atoms with Crippen molar-refractivity contribution in [1.82, 2.24) is 5.32 Å². The Morgan fingerprint density at radius 3 is 2.95 bits per heavy atom. The van der Waals surface area contributed by atoms with Gasteiger partial charge in [-0.3, -0.25) is 0 Å². The Bertz CT molecular complexity index is 476. The largest absolute Gasteiger partial charge is 0.487 e. The van der Waals surface area contributed by atoms with Crippen LogP contribution < -0.4 is 10.1 Å². The van der Waals surface area contributed by atoms with Gasteiger partial charge in [0, 0.05) is 22.5 Å². The quantitative estimate of drug-likeness (QED) is 0.824. The summed E-state index contributed by atoms with van der Waals surface area (Å²) >= 11 is 3.56. The molecule has 1 aromatic carbocycles. The molecule has 3 atom stereocenters. The van der Waals surface area contributed by atoms with E-state index in [9.17, 15) is 0 Å². The minimum absolute atomic E-state index is 0.0414. The summed E-state index contributed by atoms with van der Waals surface area (Å²) in [5.41, 5.74) is 1.34. The van der Waals surface area contributed by atoms with E-state index < -0.39 is 0 Å². The minimum atomic E-state index is 0.0414. The molecule has 0 saturated heterocycles. The number of rotatable bonds is 1. The van der Waals surface area contributed by atoms with Gasteiger partial charge in [-0.25, -0.2) is 0 Å². The standard InChI is InChI=1S/C16H22BrNO/c1-11-5-3-4-8-16(11)10-14(18-2)13-7-6-12(17)9-15(13)19-16/h6-7,9,11,14,18H,3-5,8,10H2,1-2H3. The van der Waals surface area contributed by atoms with Gasteiger partial charge in [-0.2, -0.15) is 0 Å². The molecule has 1 fully saturated rings. The minimum Gasteiger partial charge on any atom is -0.487 e. The van der Waals surface area contributed by atoms with Crippen LogP contribution in [0, 0.1) is 5.92 Å². The first kappa shape index (κ1) is 13.4. The SMILES string of the molecule is CNC1CC2(CCCCC2C)Oc2cc(Br)ccc21. The number of hydrogen-bond acceptors (Lipinski definition) is 2. The lowest BCUT2D eigenvalue weighted by atomic mass is 9.71. The van der Waals surface area contributed by atoms with Gasteiger partial charge in [0.15, 0.2) is 0 Å². The summed E-state index contributed by atoms with van der Waals surface area (Å²) in [6.07, 6.45) is 6.23. The molecule has 3 heteroatoms. The van der Waals surface area contributed by atoms with Crippen LogP contribution in [-0.2, 0) is 0 Å². The second kappa shape index (κ2) is 5.10. The number of halogens is 1. The van der Waals surface area contributed by atoms with Gasteiger partial charge >= 0.3 is 0 Å². The average molecular weight is 324 g/mol. The molecule has 2 nitrogen and oxygen atoms in total. The predicted octanol–water partition coefficient (Wildman–Crippen LogP) is 4.44. The molecule has 1 saturated carbocycles. The molecule has 1 heterocycles. The van der Waals surface area contributed by atoms with E-state index in [-0.39, 0.29) is 5.60 Å². The molecule has 1 aromatic rings. The zero-order valence-electron chi connectivity index (χ0n) is 11.7. The van der Waals surface area contributed by atoms with E-state index in [1.54, 1.807) is 0 Å². The summed E-state index contributed by atoms with van der Waals surface area (Å²) in [4.78, 5) is 0. The maximum absolute atomic E-state index is 6.52. The molecule has 0 amide bonds. The molecule has 3 unspecified atom stereocenters. The maximum Gasteiger partial charge on any atom is 0.126 e. The summed E-state index contributed by atoms with van der Waals surface area (Å²) in [7, 11) is 2.06. The molecule has 0 bridgehead atoms. The van der Waals surface area contributed by atoms with E-state index in [4.69, 9.17) is 4.74 Å². The summed E-state index contributed by atoms with van der Waals surface area (Å²) in [6.45, 7) is 2.36. The van der Waals surface area contributed by atoms with Crippen molar-refractivity contribution in [3.05, 3.63) is 28.2 Å². The molecule has 1 aliphatic heterocycles. The van der Waals surface area contributed by atoms with Crippen LogP contribution in [0.3, 0.4) is 0 Å². The van der Waals surface area contributed by atoms with Crippen molar-refractivity contribution in [2.75, 3.05) is 7.05 Å². The monoisotopic (exact) mass is 323 g/mol. The summed E-state index contributed by atoms with van der Waals surface area (Å²) in [5.74, 6) is 1.71. The molecular weight excluding hydrogens is 302 g/mol. The molecule has 2 aliphatic rings.